The number of benzene rings is 1. The van der Waals surface area contributed by atoms with Crippen molar-refractivity contribution in [2.75, 3.05) is 11.9 Å². The fraction of sp³-hybridized carbons (Fsp3) is 0.190. The average molecular weight is 459 g/mol. The van der Waals surface area contributed by atoms with E-state index < -0.39 is 22.8 Å². The van der Waals surface area contributed by atoms with Gasteiger partial charge in [-0.25, -0.2) is 0 Å². The molecule has 4 rings (SSSR count). The first kappa shape index (κ1) is 21.5. The molecule has 7 nitrogen and oxygen atoms in total. The van der Waals surface area contributed by atoms with Crippen molar-refractivity contribution < 1.29 is 17.6 Å². The molecule has 0 fully saturated rings. The predicted octanol–water partition coefficient (Wildman–Crippen LogP) is 5.42. The maximum atomic E-state index is 13.2. The third kappa shape index (κ3) is 3.94. The van der Waals surface area contributed by atoms with Gasteiger partial charge in [0.15, 0.2) is 5.58 Å². The Labute approximate surface area is 185 Å². The minimum atomic E-state index is -4.60. The highest BCUT2D eigenvalue weighted by molar-refractivity contribution is 6.32. The summed E-state index contributed by atoms with van der Waals surface area (Å²) in [4.78, 5) is 18.9. The third-order valence-electron chi connectivity index (χ3n) is 4.91. The van der Waals surface area contributed by atoms with E-state index >= 15 is 0 Å². The average Bonchev–Trinajstić information content (AvgIpc) is 3.20. The minimum absolute atomic E-state index is 0.0314. The molecule has 0 bridgehead atoms. The fourth-order valence-electron chi connectivity index (χ4n) is 3.11. The molecule has 0 saturated carbocycles. The lowest BCUT2D eigenvalue weighted by Gasteiger charge is -2.23. The molecule has 3 aromatic heterocycles. The smallest absolute Gasteiger partial charge is 0.417 e. The first-order valence-electron chi connectivity index (χ1n) is 9.26. The molecule has 0 radical (unpaired) electrons. The van der Waals surface area contributed by atoms with E-state index in [4.69, 9.17) is 21.3 Å². The van der Waals surface area contributed by atoms with Crippen LogP contribution in [0.3, 0.4) is 0 Å². The molecule has 0 spiro atoms. The number of aromatic nitrogens is 4. The minimum Gasteiger partial charge on any atom is -0.423 e. The number of alkyl halides is 3. The zero-order valence-corrected chi connectivity index (χ0v) is 17.5. The normalized spacial score (nSPS) is 12.5. The first-order valence-corrected chi connectivity index (χ1v) is 9.64. The Kier molecular flexibility index (Phi) is 5.44. The number of fused-ring (bicyclic) bond motifs is 1. The molecule has 0 aliphatic rings. The Bertz CT molecular complexity index is 1330. The van der Waals surface area contributed by atoms with Crippen LogP contribution in [0.4, 0.5) is 19.2 Å². The molecule has 11 heteroatoms. The van der Waals surface area contributed by atoms with E-state index in [9.17, 15) is 13.2 Å². The fourth-order valence-corrected chi connectivity index (χ4v) is 3.37. The largest absolute Gasteiger partial charge is 0.423 e. The van der Waals surface area contributed by atoms with E-state index in [1.807, 2.05) is 13.0 Å². The standard InChI is InChI=1S/C21H14ClF3N6O/c1-11(18-19(28-6-5-27-18)15-4-3-12(9-26)10-29-15)31(2)20-30-16-7-13(21(23,24)25)14(22)8-17(16)32-20/h3-8,10-11H,1-2H3. The SMILES string of the molecule is CC(c1nccnc1-c1ccc(C#N)cn1)N(C)c1nc2cc(C(F)(F)F)c(Cl)cc2o1. The van der Waals surface area contributed by atoms with Gasteiger partial charge < -0.3 is 9.32 Å². The predicted molar refractivity (Wildman–Crippen MR) is 111 cm³/mol. The van der Waals surface area contributed by atoms with Crippen LogP contribution >= 0.6 is 11.6 Å². The van der Waals surface area contributed by atoms with Crippen molar-refractivity contribution in [1.29, 1.82) is 5.26 Å². The van der Waals surface area contributed by atoms with Gasteiger partial charge in [0.05, 0.1) is 33.6 Å². The second-order valence-corrected chi connectivity index (χ2v) is 7.32. The van der Waals surface area contributed by atoms with Gasteiger partial charge in [-0.2, -0.15) is 23.4 Å². The molecule has 0 aliphatic heterocycles. The molecule has 1 aromatic carbocycles. The summed E-state index contributed by atoms with van der Waals surface area (Å²) < 4.78 is 45.1. The van der Waals surface area contributed by atoms with Gasteiger partial charge in [0.25, 0.3) is 6.01 Å². The number of hydrogen-bond donors (Lipinski definition) is 0. The van der Waals surface area contributed by atoms with Gasteiger partial charge in [0.1, 0.15) is 17.3 Å². The van der Waals surface area contributed by atoms with Crippen molar-refractivity contribution in [3.8, 4) is 17.5 Å². The molecule has 1 atom stereocenters. The van der Waals surface area contributed by atoms with Crippen LogP contribution < -0.4 is 4.90 Å². The number of halogens is 4. The molecule has 0 N–H and O–H groups in total. The molecule has 1 unspecified atom stereocenters. The van der Waals surface area contributed by atoms with Gasteiger partial charge in [-0.05, 0) is 25.1 Å². The molecule has 3 heterocycles. The maximum absolute atomic E-state index is 13.2. The number of pyridine rings is 1. The summed E-state index contributed by atoms with van der Waals surface area (Å²) in [6.07, 6.45) is -0.128. The van der Waals surface area contributed by atoms with Crippen LogP contribution in [-0.4, -0.2) is 27.0 Å². The van der Waals surface area contributed by atoms with Crippen molar-refractivity contribution in [3.63, 3.8) is 0 Å². The number of nitriles is 1. The van der Waals surface area contributed by atoms with E-state index in [1.165, 1.54) is 18.6 Å². The number of nitrogens with zero attached hydrogens (tertiary/aromatic N) is 6. The van der Waals surface area contributed by atoms with E-state index in [2.05, 4.69) is 19.9 Å². The first-order chi connectivity index (χ1) is 15.2. The number of hydrogen-bond acceptors (Lipinski definition) is 7. The Morgan fingerprint density at radius 1 is 1.16 bits per heavy atom. The molecule has 0 saturated heterocycles. The van der Waals surface area contributed by atoms with Gasteiger partial charge in [0, 0.05) is 31.7 Å². The van der Waals surface area contributed by atoms with Crippen LogP contribution in [-0.2, 0) is 6.18 Å². The van der Waals surface area contributed by atoms with Crippen LogP contribution in [0.2, 0.25) is 5.02 Å². The van der Waals surface area contributed by atoms with Gasteiger partial charge >= 0.3 is 6.18 Å². The van der Waals surface area contributed by atoms with Crippen LogP contribution in [0.5, 0.6) is 0 Å². The highest BCUT2D eigenvalue weighted by Gasteiger charge is 2.34. The van der Waals surface area contributed by atoms with E-state index in [-0.39, 0.29) is 17.1 Å². The lowest BCUT2D eigenvalue weighted by atomic mass is 10.1. The lowest BCUT2D eigenvalue weighted by Crippen LogP contribution is -2.23. The summed E-state index contributed by atoms with van der Waals surface area (Å²) >= 11 is 5.78. The van der Waals surface area contributed by atoms with Gasteiger partial charge in [-0.3, -0.25) is 15.0 Å². The number of rotatable bonds is 4. The zero-order valence-electron chi connectivity index (χ0n) is 16.7. The van der Waals surface area contributed by atoms with Crippen molar-refractivity contribution in [2.24, 2.45) is 0 Å². The number of oxazole rings is 1. The molecule has 162 valence electrons. The topological polar surface area (TPSA) is 91.7 Å². The van der Waals surface area contributed by atoms with E-state index in [1.54, 1.807) is 24.1 Å². The van der Waals surface area contributed by atoms with Crippen molar-refractivity contribution in [3.05, 3.63) is 64.7 Å². The molecule has 0 amide bonds. The van der Waals surface area contributed by atoms with E-state index in [0.29, 0.717) is 22.6 Å². The molecular weight excluding hydrogens is 445 g/mol. The summed E-state index contributed by atoms with van der Waals surface area (Å²) in [5.74, 6) is 0. The summed E-state index contributed by atoms with van der Waals surface area (Å²) in [5.41, 5.74) is 1.15. The third-order valence-corrected chi connectivity index (χ3v) is 5.22. The van der Waals surface area contributed by atoms with Crippen LogP contribution in [0, 0.1) is 11.3 Å². The summed E-state index contributed by atoms with van der Waals surface area (Å²) in [6.45, 7) is 1.82. The van der Waals surface area contributed by atoms with Crippen LogP contribution in [0.1, 0.15) is 29.8 Å². The van der Waals surface area contributed by atoms with Gasteiger partial charge in [-0.1, -0.05) is 11.6 Å². The van der Waals surface area contributed by atoms with Crippen molar-refractivity contribution >= 4 is 28.7 Å². The Morgan fingerprint density at radius 3 is 2.56 bits per heavy atom. The Balaban J connectivity index is 1.71. The number of anilines is 1. The molecule has 4 aromatic rings. The van der Waals surface area contributed by atoms with Gasteiger partial charge in [0.2, 0.25) is 0 Å². The quantitative estimate of drug-likeness (QED) is 0.403. The molecular formula is C21H14ClF3N6O. The second kappa shape index (κ2) is 8.09. The lowest BCUT2D eigenvalue weighted by molar-refractivity contribution is -0.137. The Morgan fingerprint density at radius 2 is 1.91 bits per heavy atom. The van der Waals surface area contributed by atoms with Crippen molar-refractivity contribution in [2.45, 2.75) is 19.1 Å². The zero-order chi connectivity index (χ0) is 23.0. The highest BCUT2D eigenvalue weighted by Crippen LogP contribution is 2.38. The monoisotopic (exact) mass is 458 g/mol. The summed E-state index contributed by atoms with van der Waals surface area (Å²) in [5, 5.41) is 8.50. The Hall–Kier alpha value is -3.71. The molecule has 0 aliphatic carbocycles. The summed E-state index contributed by atoms with van der Waals surface area (Å²) in [7, 11) is 1.67. The molecule has 32 heavy (non-hydrogen) atoms. The maximum Gasteiger partial charge on any atom is 0.417 e. The van der Waals surface area contributed by atoms with Crippen molar-refractivity contribution in [1.82, 2.24) is 19.9 Å². The highest BCUT2D eigenvalue weighted by atomic mass is 35.5. The van der Waals surface area contributed by atoms with E-state index in [0.717, 1.165) is 12.1 Å². The van der Waals surface area contributed by atoms with Crippen LogP contribution in [0.15, 0.2) is 47.3 Å². The van der Waals surface area contributed by atoms with Crippen LogP contribution in [0.25, 0.3) is 22.5 Å². The van der Waals surface area contributed by atoms with Gasteiger partial charge in [-0.15, -0.1) is 0 Å². The second-order valence-electron chi connectivity index (χ2n) is 6.91. The summed E-state index contributed by atoms with van der Waals surface area (Å²) in [6, 6.07) is 6.91.